The van der Waals surface area contributed by atoms with Gasteiger partial charge < -0.3 is 9.84 Å². The van der Waals surface area contributed by atoms with Crippen molar-refractivity contribution in [1.29, 1.82) is 0 Å². The van der Waals surface area contributed by atoms with Crippen LogP contribution in [0.4, 0.5) is 4.39 Å². The van der Waals surface area contributed by atoms with E-state index in [2.05, 4.69) is 0 Å². The third kappa shape index (κ3) is 2.04. The first-order valence-electron chi connectivity index (χ1n) is 4.43. The number of aliphatic hydroxyl groups is 1. The Balaban J connectivity index is 3.30. The van der Waals surface area contributed by atoms with E-state index in [1.54, 1.807) is 26.8 Å². The van der Waals surface area contributed by atoms with E-state index in [-0.39, 0.29) is 5.82 Å². The average Bonchev–Trinajstić information content (AvgIpc) is 2.07. The maximum absolute atomic E-state index is 13.4. The molecule has 0 aromatic heterocycles. The molecule has 0 fully saturated rings. The molecule has 3 heteroatoms. The van der Waals surface area contributed by atoms with E-state index < -0.39 is 5.60 Å². The minimum Gasteiger partial charge on any atom is -0.496 e. The van der Waals surface area contributed by atoms with Crippen LogP contribution in [0.25, 0.3) is 0 Å². The standard InChI is InChI=1S/C11H15FO2/c1-7-9(12)5-8(11(2,3)13)6-10(7)14-4/h5-6,13H,1-4H3. The normalized spacial score (nSPS) is 11.6. The average molecular weight is 198 g/mol. The second-order valence-electron chi connectivity index (χ2n) is 3.84. The summed E-state index contributed by atoms with van der Waals surface area (Å²) < 4.78 is 18.4. The minimum absolute atomic E-state index is 0.360. The second kappa shape index (κ2) is 3.58. The van der Waals surface area contributed by atoms with E-state index in [4.69, 9.17) is 4.74 Å². The molecule has 0 radical (unpaired) electrons. The van der Waals surface area contributed by atoms with E-state index >= 15 is 0 Å². The lowest BCUT2D eigenvalue weighted by Crippen LogP contribution is -2.16. The molecule has 0 spiro atoms. The summed E-state index contributed by atoms with van der Waals surface area (Å²) in [5.41, 5.74) is -0.0834. The van der Waals surface area contributed by atoms with Crippen molar-refractivity contribution < 1.29 is 14.2 Å². The lowest BCUT2D eigenvalue weighted by molar-refractivity contribution is 0.0779. The maximum atomic E-state index is 13.4. The Kier molecular flexibility index (Phi) is 2.81. The maximum Gasteiger partial charge on any atom is 0.130 e. The zero-order valence-electron chi connectivity index (χ0n) is 8.89. The summed E-state index contributed by atoms with van der Waals surface area (Å²) in [6, 6.07) is 2.98. The molecule has 0 amide bonds. The first kappa shape index (κ1) is 11.0. The summed E-state index contributed by atoms with van der Waals surface area (Å²) >= 11 is 0. The van der Waals surface area contributed by atoms with Crippen LogP contribution in [0.2, 0.25) is 0 Å². The summed E-state index contributed by atoms with van der Waals surface area (Å²) in [4.78, 5) is 0. The summed E-state index contributed by atoms with van der Waals surface area (Å²) in [5.74, 6) is 0.101. The molecule has 0 unspecified atom stereocenters. The fourth-order valence-corrected chi connectivity index (χ4v) is 1.22. The highest BCUT2D eigenvalue weighted by Crippen LogP contribution is 2.28. The molecule has 1 rings (SSSR count). The molecule has 0 heterocycles. The molecule has 1 aromatic rings. The van der Waals surface area contributed by atoms with Crippen LogP contribution in [-0.4, -0.2) is 12.2 Å². The monoisotopic (exact) mass is 198 g/mol. The van der Waals surface area contributed by atoms with Gasteiger partial charge in [0, 0.05) is 5.56 Å². The van der Waals surface area contributed by atoms with Gasteiger partial charge in [-0.3, -0.25) is 0 Å². The van der Waals surface area contributed by atoms with Gasteiger partial charge in [0.2, 0.25) is 0 Å². The van der Waals surface area contributed by atoms with Crippen LogP contribution in [0.15, 0.2) is 12.1 Å². The van der Waals surface area contributed by atoms with Gasteiger partial charge in [0.25, 0.3) is 0 Å². The van der Waals surface area contributed by atoms with Gasteiger partial charge in [-0.25, -0.2) is 4.39 Å². The third-order valence-corrected chi connectivity index (χ3v) is 2.22. The van der Waals surface area contributed by atoms with Crippen molar-refractivity contribution in [2.75, 3.05) is 7.11 Å². The first-order chi connectivity index (χ1) is 6.36. The van der Waals surface area contributed by atoms with Gasteiger partial charge in [-0.2, -0.15) is 0 Å². The topological polar surface area (TPSA) is 29.5 Å². The van der Waals surface area contributed by atoms with Crippen molar-refractivity contribution in [2.24, 2.45) is 0 Å². The number of rotatable bonds is 2. The van der Waals surface area contributed by atoms with Crippen molar-refractivity contribution in [2.45, 2.75) is 26.4 Å². The summed E-state index contributed by atoms with van der Waals surface area (Å²) in [5, 5.41) is 9.70. The molecule has 0 bridgehead atoms. The van der Waals surface area contributed by atoms with Crippen molar-refractivity contribution in [3.8, 4) is 5.75 Å². The summed E-state index contributed by atoms with van der Waals surface area (Å²) in [6.45, 7) is 4.86. The fourth-order valence-electron chi connectivity index (χ4n) is 1.22. The molecule has 0 atom stereocenters. The van der Waals surface area contributed by atoms with Crippen LogP contribution in [0, 0.1) is 12.7 Å². The minimum atomic E-state index is -1.05. The predicted octanol–water partition coefficient (Wildman–Crippen LogP) is 2.37. The summed E-state index contributed by atoms with van der Waals surface area (Å²) in [7, 11) is 1.48. The lowest BCUT2D eigenvalue weighted by atomic mass is 9.96. The molecule has 78 valence electrons. The van der Waals surface area contributed by atoms with E-state index in [1.807, 2.05) is 0 Å². The Hall–Kier alpha value is -1.09. The van der Waals surface area contributed by atoms with Gasteiger partial charge >= 0.3 is 0 Å². The van der Waals surface area contributed by atoms with E-state index in [9.17, 15) is 9.50 Å². The SMILES string of the molecule is COc1cc(C(C)(C)O)cc(F)c1C. The van der Waals surface area contributed by atoms with Gasteiger partial charge in [0.15, 0.2) is 0 Å². The molecular weight excluding hydrogens is 183 g/mol. The van der Waals surface area contributed by atoms with Gasteiger partial charge in [-0.15, -0.1) is 0 Å². The highest BCUT2D eigenvalue weighted by Gasteiger charge is 2.19. The molecule has 1 aromatic carbocycles. The predicted molar refractivity (Wildman–Crippen MR) is 52.9 cm³/mol. The Morgan fingerprint density at radius 2 is 1.93 bits per heavy atom. The molecule has 2 nitrogen and oxygen atoms in total. The number of hydrogen-bond donors (Lipinski definition) is 1. The van der Waals surface area contributed by atoms with Crippen molar-refractivity contribution >= 4 is 0 Å². The Labute approximate surface area is 83.3 Å². The Morgan fingerprint density at radius 1 is 1.36 bits per heavy atom. The Morgan fingerprint density at radius 3 is 2.36 bits per heavy atom. The largest absolute Gasteiger partial charge is 0.496 e. The lowest BCUT2D eigenvalue weighted by Gasteiger charge is -2.19. The molecule has 0 aliphatic heterocycles. The molecule has 0 aliphatic rings. The zero-order valence-corrected chi connectivity index (χ0v) is 8.89. The number of methoxy groups -OCH3 is 1. The van der Waals surface area contributed by atoms with Crippen LogP contribution in [0.3, 0.4) is 0 Å². The molecule has 0 saturated heterocycles. The quantitative estimate of drug-likeness (QED) is 0.790. The molecular formula is C11H15FO2. The van der Waals surface area contributed by atoms with Crippen molar-refractivity contribution in [3.63, 3.8) is 0 Å². The smallest absolute Gasteiger partial charge is 0.130 e. The number of hydrogen-bond acceptors (Lipinski definition) is 2. The van der Waals surface area contributed by atoms with E-state index in [0.717, 1.165) is 0 Å². The third-order valence-electron chi connectivity index (χ3n) is 2.22. The van der Waals surface area contributed by atoms with Crippen LogP contribution >= 0.6 is 0 Å². The van der Waals surface area contributed by atoms with Crippen LogP contribution in [0.1, 0.15) is 25.0 Å². The number of ether oxygens (including phenoxy) is 1. The van der Waals surface area contributed by atoms with Gasteiger partial charge in [-0.05, 0) is 38.5 Å². The summed E-state index contributed by atoms with van der Waals surface area (Å²) in [6.07, 6.45) is 0. The Bertz CT molecular complexity index is 340. The molecule has 0 aliphatic carbocycles. The first-order valence-corrected chi connectivity index (χ1v) is 4.43. The van der Waals surface area contributed by atoms with Crippen molar-refractivity contribution in [1.82, 2.24) is 0 Å². The highest BCUT2D eigenvalue weighted by atomic mass is 19.1. The van der Waals surface area contributed by atoms with Gasteiger partial charge in [-0.1, -0.05) is 0 Å². The number of halogens is 1. The van der Waals surface area contributed by atoms with Crippen molar-refractivity contribution in [3.05, 3.63) is 29.1 Å². The molecule has 1 N–H and O–H groups in total. The van der Waals surface area contributed by atoms with Crippen LogP contribution < -0.4 is 4.74 Å². The van der Waals surface area contributed by atoms with Crippen LogP contribution in [0.5, 0.6) is 5.75 Å². The zero-order chi connectivity index (χ0) is 10.9. The van der Waals surface area contributed by atoms with Gasteiger partial charge in [0.05, 0.1) is 12.7 Å². The highest BCUT2D eigenvalue weighted by molar-refractivity contribution is 5.39. The fraction of sp³-hybridized carbons (Fsp3) is 0.455. The number of benzene rings is 1. The van der Waals surface area contributed by atoms with E-state index in [0.29, 0.717) is 16.9 Å². The molecule has 14 heavy (non-hydrogen) atoms. The molecule has 0 saturated carbocycles. The van der Waals surface area contributed by atoms with E-state index in [1.165, 1.54) is 13.2 Å². The van der Waals surface area contributed by atoms with Gasteiger partial charge in [0.1, 0.15) is 11.6 Å². The van der Waals surface area contributed by atoms with Crippen LogP contribution in [-0.2, 0) is 5.60 Å². The second-order valence-corrected chi connectivity index (χ2v) is 3.84.